The summed E-state index contributed by atoms with van der Waals surface area (Å²) < 4.78 is 0. The Balaban J connectivity index is 2.02. The number of halogens is 1. The number of thioether (sulfide) groups is 1. The number of benzene rings is 2. The van der Waals surface area contributed by atoms with Crippen molar-refractivity contribution in [2.75, 3.05) is 0 Å². The Labute approximate surface area is 123 Å². The molecule has 1 unspecified atom stereocenters. The van der Waals surface area contributed by atoms with Crippen LogP contribution in [0, 0.1) is 11.3 Å². The molecule has 2 aromatic carbocycles. The number of hydrogen-bond acceptors (Lipinski definition) is 2. The van der Waals surface area contributed by atoms with Gasteiger partial charge < -0.3 is 0 Å². The first-order chi connectivity index (χ1) is 9.29. The smallest absolute Gasteiger partial charge is 0.0636 e. The summed E-state index contributed by atoms with van der Waals surface area (Å²) in [4.78, 5) is 0. The van der Waals surface area contributed by atoms with E-state index in [9.17, 15) is 0 Å². The summed E-state index contributed by atoms with van der Waals surface area (Å²) in [7, 11) is 0. The minimum absolute atomic E-state index is 0.224. The summed E-state index contributed by atoms with van der Waals surface area (Å²) in [6.45, 7) is 0. The highest BCUT2D eigenvalue weighted by molar-refractivity contribution is 7.98. The topological polar surface area (TPSA) is 23.8 Å². The van der Waals surface area contributed by atoms with Gasteiger partial charge in [0.2, 0.25) is 0 Å². The third-order valence-corrected chi connectivity index (χ3v) is 4.41. The molecule has 19 heavy (non-hydrogen) atoms. The number of nitriles is 1. The second-order valence-corrected chi connectivity index (χ2v) is 5.83. The van der Waals surface area contributed by atoms with E-state index in [1.165, 1.54) is 11.1 Å². The molecule has 0 saturated carbocycles. The second kappa shape index (κ2) is 7.23. The van der Waals surface area contributed by atoms with Crippen LogP contribution < -0.4 is 0 Å². The average molecular weight is 288 g/mol. The molecule has 1 atom stereocenters. The van der Waals surface area contributed by atoms with E-state index in [4.69, 9.17) is 16.9 Å². The van der Waals surface area contributed by atoms with Gasteiger partial charge in [-0.1, -0.05) is 54.1 Å². The Morgan fingerprint density at radius 1 is 1.05 bits per heavy atom. The SMILES string of the molecule is N#CCC(SCc1ccc(Cl)cc1)c1ccccc1. The molecule has 0 heterocycles. The zero-order valence-electron chi connectivity index (χ0n) is 10.4. The molecule has 0 spiro atoms. The lowest BCUT2D eigenvalue weighted by molar-refractivity contribution is 0.977. The summed E-state index contributed by atoms with van der Waals surface area (Å²) >= 11 is 7.66. The zero-order chi connectivity index (χ0) is 13.5. The monoisotopic (exact) mass is 287 g/mol. The molecule has 0 aliphatic rings. The largest absolute Gasteiger partial charge is 0.198 e. The molecule has 3 heteroatoms. The first-order valence-electron chi connectivity index (χ1n) is 6.07. The van der Waals surface area contributed by atoms with Gasteiger partial charge in [-0.3, -0.25) is 0 Å². The lowest BCUT2D eigenvalue weighted by Gasteiger charge is -2.13. The standard InChI is InChI=1S/C16H14ClNS/c17-15-8-6-13(7-9-15)12-19-16(10-11-18)14-4-2-1-3-5-14/h1-9,16H,10,12H2. The summed E-state index contributed by atoms with van der Waals surface area (Å²) in [5.74, 6) is 0.887. The van der Waals surface area contributed by atoms with Crippen LogP contribution in [0.4, 0.5) is 0 Å². The maximum absolute atomic E-state index is 8.95. The van der Waals surface area contributed by atoms with Crippen molar-refractivity contribution in [3.05, 3.63) is 70.7 Å². The van der Waals surface area contributed by atoms with Crippen LogP contribution in [0.5, 0.6) is 0 Å². The Bertz CT molecular complexity index is 545. The average Bonchev–Trinajstić information content (AvgIpc) is 2.46. The van der Waals surface area contributed by atoms with E-state index in [-0.39, 0.29) is 5.25 Å². The van der Waals surface area contributed by atoms with E-state index in [2.05, 4.69) is 18.2 Å². The predicted molar refractivity (Wildman–Crippen MR) is 82.2 cm³/mol. The van der Waals surface area contributed by atoms with Gasteiger partial charge in [-0.05, 0) is 23.3 Å². The van der Waals surface area contributed by atoms with Crippen molar-refractivity contribution in [1.82, 2.24) is 0 Å². The summed E-state index contributed by atoms with van der Waals surface area (Å²) in [5.41, 5.74) is 2.44. The van der Waals surface area contributed by atoms with Crippen molar-refractivity contribution >= 4 is 23.4 Å². The fourth-order valence-electron chi connectivity index (χ4n) is 1.80. The van der Waals surface area contributed by atoms with Crippen LogP contribution in [-0.2, 0) is 5.75 Å². The van der Waals surface area contributed by atoms with Crippen molar-refractivity contribution in [1.29, 1.82) is 5.26 Å². The van der Waals surface area contributed by atoms with Gasteiger partial charge in [0.05, 0.1) is 12.5 Å². The van der Waals surface area contributed by atoms with Crippen molar-refractivity contribution < 1.29 is 0 Å². The number of nitrogens with zero attached hydrogens (tertiary/aromatic N) is 1. The van der Waals surface area contributed by atoms with Crippen molar-refractivity contribution in [3.63, 3.8) is 0 Å². The van der Waals surface area contributed by atoms with Gasteiger partial charge in [0.1, 0.15) is 0 Å². The molecular weight excluding hydrogens is 274 g/mol. The summed E-state index contributed by atoms with van der Waals surface area (Å²) in [5, 5.41) is 9.93. The molecular formula is C16H14ClNS. The van der Waals surface area contributed by atoms with Crippen LogP contribution in [0.1, 0.15) is 22.8 Å². The quantitative estimate of drug-likeness (QED) is 0.752. The van der Waals surface area contributed by atoms with E-state index in [1.54, 1.807) is 11.8 Å². The van der Waals surface area contributed by atoms with Gasteiger partial charge in [-0.2, -0.15) is 5.26 Å². The van der Waals surface area contributed by atoms with E-state index in [0.29, 0.717) is 6.42 Å². The van der Waals surface area contributed by atoms with E-state index in [0.717, 1.165) is 10.8 Å². The van der Waals surface area contributed by atoms with Crippen LogP contribution in [0.25, 0.3) is 0 Å². The molecule has 0 radical (unpaired) electrons. The lowest BCUT2D eigenvalue weighted by atomic mass is 10.1. The highest BCUT2D eigenvalue weighted by Crippen LogP contribution is 2.34. The van der Waals surface area contributed by atoms with Crippen molar-refractivity contribution in [3.8, 4) is 6.07 Å². The minimum Gasteiger partial charge on any atom is -0.198 e. The van der Waals surface area contributed by atoms with Gasteiger partial charge >= 0.3 is 0 Å². The van der Waals surface area contributed by atoms with Gasteiger partial charge in [0.25, 0.3) is 0 Å². The van der Waals surface area contributed by atoms with Crippen LogP contribution in [0.3, 0.4) is 0 Å². The van der Waals surface area contributed by atoms with Crippen LogP contribution in [0.2, 0.25) is 5.02 Å². The fraction of sp³-hybridized carbons (Fsp3) is 0.188. The summed E-state index contributed by atoms with van der Waals surface area (Å²) in [6.07, 6.45) is 0.530. The molecule has 0 fully saturated rings. The predicted octanol–water partition coefficient (Wildman–Crippen LogP) is 5.23. The molecule has 0 bridgehead atoms. The normalized spacial score (nSPS) is 11.8. The van der Waals surface area contributed by atoms with E-state index in [1.807, 2.05) is 42.5 Å². The minimum atomic E-state index is 0.224. The number of rotatable bonds is 5. The molecule has 0 N–H and O–H groups in total. The van der Waals surface area contributed by atoms with Gasteiger partial charge in [-0.25, -0.2) is 0 Å². The Morgan fingerprint density at radius 2 is 1.74 bits per heavy atom. The van der Waals surface area contributed by atoms with Gasteiger partial charge in [0, 0.05) is 16.0 Å². The van der Waals surface area contributed by atoms with E-state index < -0.39 is 0 Å². The zero-order valence-corrected chi connectivity index (χ0v) is 12.0. The molecule has 0 aromatic heterocycles. The number of hydrogen-bond donors (Lipinski definition) is 0. The van der Waals surface area contributed by atoms with Gasteiger partial charge in [0.15, 0.2) is 0 Å². The highest BCUT2D eigenvalue weighted by Gasteiger charge is 2.11. The third kappa shape index (κ3) is 4.31. The van der Waals surface area contributed by atoms with Crippen molar-refractivity contribution in [2.45, 2.75) is 17.4 Å². The molecule has 0 amide bonds. The molecule has 0 aliphatic carbocycles. The molecule has 2 aromatic rings. The molecule has 1 nitrogen and oxygen atoms in total. The molecule has 96 valence electrons. The summed E-state index contributed by atoms with van der Waals surface area (Å²) in [6, 6.07) is 20.3. The lowest BCUT2D eigenvalue weighted by Crippen LogP contribution is -1.94. The highest BCUT2D eigenvalue weighted by atomic mass is 35.5. The maximum Gasteiger partial charge on any atom is 0.0636 e. The maximum atomic E-state index is 8.95. The second-order valence-electron chi connectivity index (χ2n) is 4.20. The Hall–Kier alpha value is -1.43. The van der Waals surface area contributed by atoms with Crippen LogP contribution >= 0.6 is 23.4 Å². The van der Waals surface area contributed by atoms with Crippen LogP contribution in [-0.4, -0.2) is 0 Å². The van der Waals surface area contributed by atoms with Crippen LogP contribution in [0.15, 0.2) is 54.6 Å². The molecule has 0 saturated heterocycles. The van der Waals surface area contributed by atoms with Gasteiger partial charge in [-0.15, -0.1) is 11.8 Å². The fourth-order valence-corrected chi connectivity index (χ4v) is 3.06. The van der Waals surface area contributed by atoms with Crippen molar-refractivity contribution in [2.24, 2.45) is 0 Å². The molecule has 2 rings (SSSR count). The van der Waals surface area contributed by atoms with E-state index >= 15 is 0 Å². The first kappa shape index (κ1) is 14.0. The molecule has 0 aliphatic heterocycles. The Kier molecular flexibility index (Phi) is 5.32. The Morgan fingerprint density at radius 3 is 2.37 bits per heavy atom. The first-order valence-corrected chi connectivity index (χ1v) is 7.50. The third-order valence-electron chi connectivity index (χ3n) is 2.81.